The second-order valence-electron chi connectivity index (χ2n) is 8.21. The van der Waals surface area contributed by atoms with Crippen LogP contribution in [0.4, 0.5) is 5.69 Å². The van der Waals surface area contributed by atoms with Crippen molar-refractivity contribution in [3.8, 4) is 0 Å². The highest BCUT2D eigenvalue weighted by Crippen LogP contribution is 2.32. The van der Waals surface area contributed by atoms with Crippen LogP contribution in [0.1, 0.15) is 35.6 Å². The molecular formula is C27H23N3O3S. The molecule has 5 rings (SSSR count). The molecule has 0 aliphatic carbocycles. The third-order valence-electron chi connectivity index (χ3n) is 5.79. The van der Waals surface area contributed by atoms with Gasteiger partial charge in [0.15, 0.2) is 4.80 Å². The topological polar surface area (TPSA) is 76.6 Å². The Kier molecular flexibility index (Phi) is 5.63. The van der Waals surface area contributed by atoms with Gasteiger partial charge in [-0.25, -0.2) is 4.99 Å². The van der Waals surface area contributed by atoms with Gasteiger partial charge in [0.2, 0.25) is 0 Å². The summed E-state index contributed by atoms with van der Waals surface area (Å²) in [6.07, 6.45) is 1.85. The van der Waals surface area contributed by atoms with Crippen LogP contribution in [0.15, 0.2) is 92.2 Å². The Labute approximate surface area is 200 Å². The highest BCUT2D eigenvalue weighted by atomic mass is 32.1. The molecule has 6 nitrogen and oxygen atoms in total. The molecule has 0 bridgehead atoms. The molecule has 0 saturated carbocycles. The lowest BCUT2D eigenvalue weighted by molar-refractivity contribution is -0.113. The predicted molar refractivity (Wildman–Crippen MR) is 133 cm³/mol. The summed E-state index contributed by atoms with van der Waals surface area (Å²) in [6.45, 7) is 5.57. The van der Waals surface area contributed by atoms with Crippen molar-refractivity contribution in [2.75, 3.05) is 5.32 Å². The zero-order chi connectivity index (χ0) is 23.8. The monoisotopic (exact) mass is 469 g/mol. The van der Waals surface area contributed by atoms with E-state index in [-0.39, 0.29) is 11.5 Å². The molecule has 34 heavy (non-hydrogen) atoms. The summed E-state index contributed by atoms with van der Waals surface area (Å²) in [7, 11) is 0. The average Bonchev–Trinajstić information content (AvgIpc) is 3.38. The zero-order valence-electron chi connectivity index (χ0n) is 19.0. The summed E-state index contributed by atoms with van der Waals surface area (Å²) in [5.41, 5.74) is 3.31. The minimum absolute atomic E-state index is 0.208. The summed E-state index contributed by atoms with van der Waals surface area (Å²) in [6, 6.07) is 20.2. The molecule has 0 saturated heterocycles. The molecular weight excluding hydrogens is 446 g/mol. The molecule has 1 N–H and O–H groups in total. The molecule has 0 spiro atoms. The van der Waals surface area contributed by atoms with Gasteiger partial charge in [0, 0.05) is 5.69 Å². The number of para-hydroxylation sites is 1. The standard InChI is InChI=1S/C27H23N3O3S/c1-16-9-7-8-12-20(16)29-25(31)23-18(3)28-27-30(24(23)21-14-13-17(2)33-21)26(32)22(34-27)15-19-10-5-4-6-11-19/h4-15,24H,1-3H3,(H,29,31)/b22-15-. The third kappa shape index (κ3) is 3.95. The fourth-order valence-electron chi connectivity index (χ4n) is 4.08. The first-order valence-corrected chi connectivity index (χ1v) is 11.7. The number of carbonyl (C=O) groups is 1. The summed E-state index contributed by atoms with van der Waals surface area (Å²) in [4.78, 5) is 32.3. The smallest absolute Gasteiger partial charge is 0.271 e. The van der Waals surface area contributed by atoms with Crippen LogP contribution in [0.5, 0.6) is 0 Å². The molecule has 1 aliphatic rings. The number of fused-ring (bicyclic) bond motifs is 1. The van der Waals surface area contributed by atoms with E-state index in [1.807, 2.05) is 86.7 Å². The van der Waals surface area contributed by atoms with E-state index in [2.05, 4.69) is 10.3 Å². The molecule has 1 aliphatic heterocycles. The second-order valence-corrected chi connectivity index (χ2v) is 9.22. The Bertz CT molecular complexity index is 1610. The number of anilines is 1. The van der Waals surface area contributed by atoms with E-state index in [1.54, 1.807) is 11.5 Å². The lowest BCUT2D eigenvalue weighted by Crippen LogP contribution is -2.40. The number of carbonyl (C=O) groups excluding carboxylic acids is 1. The van der Waals surface area contributed by atoms with Gasteiger partial charge in [-0.1, -0.05) is 59.9 Å². The first kappa shape index (κ1) is 21.9. The van der Waals surface area contributed by atoms with Gasteiger partial charge in [0.25, 0.3) is 11.5 Å². The van der Waals surface area contributed by atoms with Crippen molar-refractivity contribution < 1.29 is 9.21 Å². The maximum atomic E-state index is 13.6. The Hall–Kier alpha value is -3.97. The lowest BCUT2D eigenvalue weighted by Gasteiger charge is -2.23. The van der Waals surface area contributed by atoms with Crippen molar-refractivity contribution in [3.63, 3.8) is 0 Å². The highest BCUT2D eigenvalue weighted by Gasteiger charge is 2.34. The molecule has 1 atom stereocenters. The fourth-order valence-corrected chi connectivity index (χ4v) is 5.13. The van der Waals surface area contributed by atoms with Crippen molar-refractivity contribution in [2.45, 2.75) is 26.8 Å². The number of thiazole rings is 1. The normalized spacial score (nSPS) is 15.7. The number of nitrogens with zero attached hydrogens (tertiary/aromatic N) is 2. The van der Waals surface area contributed by atoms with Gasteiger partial charge in [0.1, 0.15) is 17.6 Å². The highest BCUT2D eigenvalue weighted by molar-refractivity contribution is 7.07. The Morgan fingerprint density at radius 2 is 1.76 bits per heavy atom. The van der Waals surface area contributed by atoms with Crippen LogP contribution >= 0.6 is 11.3 Å². The molecule has 170 valence electrons. The van der Waals surface area contributed by atoms with Crippen LogP contribution < -0.4 is 20.2 Å². The van der Waals surface area contributed by atoms with E-state index in [0.29, 0.717) is 37.8 Å². The number of hydrogen-bond acceptors (Lipinski definition) is 5. The minimum Gasteiger partial charge on any atom is -0.464 e. The van der Waals surface area contributed by atoms with Crippen molar-refractivity contribution in [1.29, 1.82) is 0 Å². The Morgan fingerprint density at radius 3 is 2.47 bits per heavy atom. The Morgan fingerprint density at radius 1 is 1.03 bits per heavy atom. The predicted octanol–water partition coefficient (Wildman–Crippen LogP) is 4.08. The van der Waals surface area contributed by atoms with Gasteiger partial charge < -0.3 is 9.73 Å². The van der Waals surface area contributed by atoms with Gasteiger partial charge in [-0.05, 0) is 56.2 Å². The largest absolute Gasteiger partial charge is 0.464 e. The second kappa shape index (κ2) is 8.76. The third-order valence-corrected chi connectivity index (χ3v) is 6.77. The Balaban J connectivity index is 1.67. The first-order valence-electron chi connectivity index (χ1n) is 10.9. The van der Waals surface area contributed by atoms with Crippen LogP contribution in [0.2, 0.25) is 0 Å². The average molecular weight is 470 g/mol. The molecule has 1 unspecified atom stereocenters. The summed E-state index contributed by atoms with van der Waals surface area (Å²) >= 11 is 1.31. The fraction of sp³-hybridized carbons (Fsp3) is 0.148. The summed E-state index contributed by atoms with van der Waals surface area (Å²) in [5, 5.41) is 3.00. The van der Waals surface area contributed by atoms with E-state index in [1.165, 1.54) is 11.3 Å². The van der Waals surface area contributed by atoms with E-state index >= 15 is 0 Å². The zero-order valence-corrected chi connectivity index (χ0v) is 19.8. The molecule has 4 aromatic rings. The van der Waals surface area contributed by atoms with E-state index in [4.69, 9.17) is 4.42 Å². The molecule has 0 radical (unpaired) electrons. The summed E-state index contributed by atoms with van der Waals surface area (Å²) in [5.74, 6) is 0.913. The van der Waals surface area contributed by atoms with Gasteiger partial charge in [0.05, 0.1) is 15.8 Å². The van der Waals surface area contributed by atoms with Crippen LogP contribution in [0.25, 0.3) is 6.08 Å². The minimum atomic E-state index is -0.716. The van der Waals surface area contributed by atoms with Crippen molar-refractivity contribution in [3.05, 3.63) is 120 Å². The van der Waals surface area contributed by atoms with Gasteiger partial charge in [-0.3, -0.25) is 14.2 Å². The molecule has 2 aromatic heterocycles. The van der Waals surface area contributed by atoms with Crippen molar-refractivity contribution in [2.24, 2.45) is 4.99 Å². The van der Waals surface area contributed by atoms with Crippen LogP contribution in [0.3, 0.4) is 0 Å². The van der Waals surface area contributed by atoms with Gasteiger partial charge >= 0.3 is 0 Å². The number of aromatic nitrogens is 1. The van der Waals surface area contributed by atoms with E-state index in [9.17, 15) is 9.59 Å². The number of aryl methyl sites for hydroxylation is 2. The first-order chi connectivity index (χ1) is 16.4. The van der Waals surface area contributed by atoms with E-state index < -0.39 is 6.04 Å². The van der Waals surface area contributed by atoms with Gasteiger partial charge in [-0.15, -0.1) is 0 Å². The number of allylic oxidation sites excluding steroid dienone is 1. The van der Waals surface area contributed by atoms with E-state index in [0.717, 1.165) is 11.1 Å². The number of furan rings is 1. The maximum absolute atomic E-state index is 13.6. The number of benzene rings is 2. The number of rotatable bonds is 4. The lowest BCUT2D eigenvalue weighted by atomic mass is 10.00. The molecule has 3 heterocycles. The summed E-state index contributed by atoms with van der Waals surface area (Å²) < 4.78 is 8.06. The van der Waals surface area contributed by atoms with Crippen molar-refractivity contribution in [1.82, 2.24) is 4.57 Å². The van der Waals surface area contributed by atoms with Crippen LogP contribution in [0, 0.1) is 13.8 Å². The van der Waals surface area contributed by atoms with Crippen LogP contribution in [-0.2, 0) is 4.79 Å². The molecule has 2 aromatic carbocycles. The maximum Gasteiger partial charge on any atom is 0.271 e. The molecule has 7 heteroatoms. The molecule has 0 fully saturated rings. The van der Waals surface area contributed by atoms with Crippen LogP contribution in [-0.4, -0.2) is 10.5 Å². The quantitative estimate of drug-likeness (QED) is 0.489. The molecule has 1 amide bonds. The van der Waals surface area contributed by atoms with Gasteiger partial charge in [-0.2, -0.15) is 0 Å². The number of nitrogens with one attached hydrogen (secondary N) is 1. The van der Waals surface area contributed by atoms with Crippen molar-refractivity contribution >= 4 is 29.0 Å². The number of hydrogen-bond donors (Lipinski definition) is 1. The number of amides is 1. The SMILES string of the molecule is CC1=C(C(=O)Nc2ccccc2C)C(c2ccc(C)o2)n2c(s/c(=C\c3ccccc3)c2=O)=N1.